The third-order valence-electron chi connectivity index (χ3n) is 2.79. The summed E-state index contributed by atoms with van der Waals surface area (Å²) in [5.41, 5.74) is 0.373. The van der Waals surface area contributed by atoms with E-state index in [0.29, 0.717) is 16.6 Å². The van der Waals surface area contributed by atoms with Crippen LogP contribution in [0.2, 0.25) is 0 Å². The average Bonchev–Trinajstić information content (AvgIpc) is 3.11. The predicted octanol–water partition coefficient (Wildman–Crippen LogP) is 3.22. The van der Waals surface area contributed by atoms with Crippen LogP contribution < -0.4 is 4.72 Å². The minimum Gasteiger partial charge on any atom is -0.277 e. The van der Waals surface area contributed by atoms with Gasteiger partial charge in [-0.05, 0) is 30.3 Å². The van der Waals surface area contributed by atoms with Crippen LogP contribution in [0.15, 0.2) is 46.8 Å². The number of anilines is 1. The van der Waals surface area contributed by atoms with Gasteiger partial charge in [0.25, 0.3) is 10.0 Å². The van der Waals surface area contributed by atoms with Crippen LogP contribution in [0.1, 0.15) is 0 Å². The third kappa shape index (κ3) is 2.85. The second kappa shape index (κ2) is 5.50. The zero-order valence-corrected chi connectivity index (χ0v) is 12.5. The Labute approximate surface area is 128 Å². The second-order valence-corrected chi connectivity index (χ2v) is 7.31. The molecule has 0 radical (unpaired) electrons. The molecule has 114 valence electrons. The van der Waals surface area contributed by atoms with Gasteiger partial charge in [-0.2, -0.15) is 5.10 Å². The molecule has 5 nitrogen and oxygen atoms in total. The van der Waals surface area contributed by atoms with E-state index in [0.717, 1.165) is 23.5 Å². The molecule has 0 bridgehead atoms. The number of thiophene rings is 1. The fraction of sp³-hybridized carbons (Fsp3) is 0. The maximum atomic E-state index is 13.5. The van der Waals surface area contributed by atoms with E-state index in [4.69, 9.17) is 0 Å². The fourth-order valence-electron chi connectivity index (χ4n) is 1.77. The average molecular weight is 341 g/mol. The number of H-pyrrole nitrogens is 1. The lowest BCUT2D eigenvalue weighted by atomic mass is 10.3. The summed E-state index contributed by atoms with van der Waals surface area (Å²) in [5, 5.41) is 6.52. The Hall–Kier alpha value is -2.26. The molecule has 0 saturated carbocycles. The SMILES string of the molecule is O=S(=O)(Nc1ccc(F)cc1F)c1ccc(-c2ccn[nH]2)s1. The van der Waals surface area contributed by atoms with Crippen molar-refractivity contribution in [1.82, 2.24) is 10.2 Å². The Kier molecular flexibility index (Phi) is 3.67. The highest BCUT2D eigenvalue weighted by molar-refractivity contribution is 7.94. The van der Waals surface area contributed by atoms with Gasteiger partial charge in [0, 0.05) is 12.3 Å². The number of aromatic amines is 1. The summed E-state index contributed by atoms with van der Waals surface area (Å²) >= 11 is 1.01. The summed E-state index contributed by atoms with van der Waals surface area (Å²) in [5.74, 6) is -1.76. The molecule has 0 spiro atoms. The molecule has 2 heterocycles. The third-order valence-corrected chi connectivity index (χ3v) is 5.76. The first-order chi connectivity index (χ1) is 10.5. The lowest BCUT2D eigenvalue weighted by Gasteiger charge is -2.07. The van der Waals surface area contributed by atoms with Crippen molar-refractivity contribution in [3.8, 4) is 10.6 Å². The van der Waals surface area contributed by atoms with Crippen molar-refractivity contribution in [3.05, 3.63) is 54.2 Å². The summed E-state index contributed by atoms with van der Waals surface area (Å²) < 4.78 is 53.0. The Morgan fingerprint density at radius 2 is 1.95 bits per heavy atom. The van der Waals surface area contributed by atoms with Crippen LogP contribution in [0, 0.1) is 11.6 Å². The number of hydrogen-bond acceptors (Lipinski definition) is 4. The molecule has 9 heteroatoms. The monoisotopic (exact) mass is 341 g/mol. The number of nitrogens with zero attached hydrogens (tertiary/aromatic N) is 1. The van der Waals surface area contributed by atoms with Crippen LogP contribution in [0.3, 0.4) is 0 Å². The van der Waals surface area contributed by atoms with Gasteiger partial charge in [-0.3, -0.25) is 9.82 Å². The van der Waals surface area contributed by atoms with Gasteiger partial charge >= 0.3 is 0 Å². The van der Waals surface area contributed by atoms with E-state index in [-0.39, 0.29) is 9.90 Å². The Bertz CT molecular complexity index is 905. The molecule has 0 aliphatic rings. The van der Waals surface area contributed by atoms with Crippen LogP contribution in [0.5, 0.6) is 0 Å². The minimum atomic E-state index is -3.95. The number of hydrogen-bond donors (Lipinski definition) is 2. The molecular formula is C13H9F2N3O2S2. The van der Waals surface area contributed by atoms with E-state index in [2.05, 4.69) is 14.9 Å². The highest BCUT2D eigenvalue weighted by atomic mass is 32.2. The first-order valence-corrected chi connectivity index (χ1v) is 8.33. The van der Waals surface area contributed by atoms with Crippen molar-refractivity contribution in [2.45, 2.75) is 4.21 Å². The normalized spacial score (nSPS) is 11.5. The van der Waals surface area contributed by atoms with Crippen LogP contribution >= 0.6 is 11.3 Å². The van der Waals surface area contributed by atoms with E-state index >= 15 is 0 Å². The highest BCUT2D eigenvalue weighted by Gasteiger charge is 2.19. The van der Waals surface area contributed by atoms with Gasteiger partial charge in [-0.15, -0.1) is 11.3 Å². The number of sulfonamides is 1. The molecular weight excluding hydrogens is 332 g/mol. The number of nitrogens with one attached hydrogen (secondary N) is 2. The Morgan fingerprint density at radius 3 is 2.64 bits per heavy atom. The van der Waals surface area contributed by atoms with Crippen molar-refractivity contribution >= 4 is 27.0 Å². The van der Waals surface area contributed by atoms with Crippen molar-refractivity contribution in [2.75, 3.05) is 4.72 Å². The Morgan fingerprint density at radius 1 is 1.14 bits per heavy atom. The summed E-state index contributed by atoms with van der Waals surface area (Å²) in [6, 6.07) is 7.35. The number of halogens is 2. The van der Waals surface area contributed by atoms with Crippen molar-refractivity contribution < 1.29 is 17.2 Å². The van der Waals surface area contributed by atoms with Gasteiger partial charge in [0.1, 0.15) is 15.8 Å². The molecule has 0 atom stereocenters. The molecule has 0 unspecified atom stereocenters. The van der Waals surface area contributed by atoms with Crippen molar-refractivity contribution in [3.63, 3.8) is 0 Å². The van der Waals surface area contributed by atoms with Crippen molar-refractivity contribution in [2.24, 2.45) is 0 Å². The summed E-state index contributed by atoms with van der Waals surface area (Å²) in [7, 11) is -3.95. The first kappa shape index (κ1) is 14.7. The van der Waals surface area contributed by atoms with E-state index in [1.165, 1.54) is 6.07 Å². The zero-order chi connectivity index (χ0) is 15.7. The molecule has 2 N–H and O–H groups in total. The Balaban J connectivity index is 1.90. The molecule has 3 aromatic rings. The van der Waals surface area contributed by atoms with E-state index < -0.39 is 21.7 Å². The lowest BCUT2D eigenvalue weighted by Crippen LogP contribution is -2.12. The van der Waals surface area contributed by atoms with Crippen LogP contribution in [-0.2, 0) is 10.0 Å². The maximum Gasteiger partial charge on any atom is 0.271 e. The van der Waals surface area contributed by atoms with Crippen LogP contribution in [-0.4, -0.2) is 18.6 Å². The smallest absolute Gasteiger partial charge is 0.271 e. The van der Waals surface area contributed by atoms with Gasteiger partial charge < -0.3 is 0 Å². The first-order valence-electron chi connectivity index (χ1n) is 6.03. The summed E-state index contributed by atoms with van der Waals surface area (Å²) in [4.78, 5) is 0.678. The molecule has 0 saturated heterocycles. The number of benzene rings is 1. The zero-order valence-electron chi connectivity index (χ0n) is 10.9. The molecule has 3 rings (SSSR count). The molecule has 0 fully saturated rings. The van der Waals surface area contributed by atoms with Gasteiger partial charge in [-0.1, -0.05) is 0 Å². The standard InChI is InChI=1S/C13H9F2N3O2S2/c14-8-1-2-10(9(15)7-8)18-22(19,20)13-4-3-12(21-13)11-5-6-16-17-11/h1-7,18H,(H,16,17). The quantitative estimate of drug-likeness (QED) is 0.765. The maximum absolute atomic E-state index is 13.5. The predicted molar refractivity (Wildman–Crippen MR) is 79.1 cm³/mol. The molecule has 2 aromatic heterocycles. The highest BCUT2D eigenvalue weighted by Crippen LogP contribution is 2.30. The number of aromatic nitrogens is 2. The van der Waals surface area contributed by atoms with E-state index in [1.807, 2.05) is 0 Å². The lowest BCUT2D eigenvalue weighted by molar-refractivity contribution is 0.583. The van der Waals surface area contributed by atoms with E-state index in [1.54, 1.807) is 18.3 Å². The number of rotatable bonds is 4. The molecule has 0 amide bonds. The van der Waals surface area contributed by atoms with E-state index in [9.17, 15) is 17.2 Å². The van der Waals surface area contributed by atoms with Crippen LogP contribution in [0.25, 0.3) is 10.6 Å². The van der Waals surface area contributed by atoms with Gasteiger partial charge in [0.15, 0.2) is 0 Å². The van der Waals surface area contributed by atoms with Gasteiger partial charge in [-0.25, -0.2) is 17.2 Å². The van der Waals surface area contributed by atoms with Gasteiger partial charge in [0.05, 0.1) is 16.3 Å². The minimum absolute atomic E-state index is 0.0147. The summed E-state index contributed by atoms with van der Waals surface area (Å²) in [6.45, 7) is 0. The molecule has 0 aliphatic heterocycles. The molecule has 0 aliphatic carbocycles. The van der Waals surface area contributed by atoms with Crippen molar-refractivity contribution in [1.29, 1.82) is 0 Å². The van der Waals surface area contributed by atoms with Gasteiger partial charge in [0.2, 0.25) is 0 Å². The van der Waals surface area contributed by atoms with Crippen LogP contribution in [0.4, 0.5) is 14.5 Å². The largest absolute Gasteiger partial charge is 0.277 e. The molecule has 1 aromatic carbocycles. The fourth-order valence-corrected chi connectivity index (χ4v) is 4.12. The molecule has 22 heavy (non-hydrogen) atoms. The summed E-state index contributed by atoms with van der Waals surface area (Å²) in [6.07, 6.45) is 1.55. The topological polar surface area (TPSA) is 74.8 Å². The second-order valence-electron chi connectivity index (χ2n) is 4.32.